The molecule has 0 saturated carbocycles. The molecule has 0 atom stereocenters. The second-order valence-electron chi connectivity index (χ2n) is 5.39. The third-order valence-corrected chi connectivity index (χ3v) is 3.86. The van der Waals surface area contributed by atoms with Crippen molar-refractivity contribution in [2.45, 2.75) is 6.54 Å². The Balaban J connectivity index is 1.73. The van der Waals surface area contributed by atoms with E-state index in [0.29, 0.717) is 12.1 Å². The van der Waals surface area contributed by atoms with Crippen molar-refractivity contribution in [1.82, 2.24) is 19.6 Å². The van der Waals surface area contributed by atoms with E-state index in [0.717, 1.165) is 22.5 Å². The number of aromatic nitrogens is 4. The zero-order valence-electron chi connectivity index (χ0n) is 12.5. The van der Waals surface area contributed by atoms with Gasteiger partial charge >= 0.3 is 0 Å². The number of benzene rings is 1. The third-order valence-electron chi connectivity index (χ3n) is 3.86. The molecule has 3 heterocycles. The van der Waals surface area contributed by atoms with Crippen molar-refractivity contribution in [3.8, 4) is 0 Å². The molecule has 0 fully saturated rings. The van der Waals surface area contributed by atoms with Crippen molar-refractivity contribution in [2.75, 3.05) is 11.9 Å². The van der Waals surface area contributed by atoms with Crippen LogP contribution in [0.3, 0.4) is 0 Å². The fraction of sp³-hybridized carbons (Fsp3) is 0.118. The minimum Gasteiger partial charge on any atom is -0.366 e. The Kier molecular flexibility index (Phi) is 3.15. The van der Waals surface area contributed by atoms with Gasteiger partial charge in [0.25, 0.3) is 0 Å². The Bertz CT molecular complexity index is 995. The van der Waals surface area contributed by atoms with Crippen LogP contribution < -0.4 is 4.90 Å². The van der Waals surface area contributed by atoms with Crippen LogP contribution in [0.1, 0.15) is 5.82 Å². The summed E-state index contributed by atoms with van der Waals surface area (Å²) in [6.45, 7) is 0.585. The summed E-state index contributed by atoms with van der Waals surface area (Å²) in [4.78, 5) is 6.29. The van der Waals surface area contributed by atoms with Crippen LogP contribution >= 0.6 is 0 Å². The first kappa shape index (κ1) is 13.6. The van der Waals surface area contributed by atoms with Crippen molar-refractivity contribution in [3.05, 3.63) is 66.5 Å². The molecule has 0 aliphatic heterocycles. The first-order chi connectivity index (χ1) is 11.2. The molecule has 114 valence electrons. The van der Waals surface area contributed by atoms with Crippen molar-refractivity contribution in [2.24, 2.45) is 0 Å². The van der Waals surface area contributed by atoms with Gasteiger partial charge in [-0.1, -0.05) is 6.07 Å². The zero-order valence-corrected chi connectivity index (χ0v) is 12.5. The molecular formula is C17H14FN5. The normalized spacial score (nSPS) is 11.2. The molecule has 6 heteroatoms. The zero-order chi connectivity index (χ0) is 15.8. The van der Waals surface area contributed by atoms with Gasteiger partial charge < -0.3 is 4.90 Å². The van der Waals surface area contributed by atoms with Crippen LogP contribution in [0.15, 0.2) is 54.9 Å². The summed E-state index contributed by atoms with van der Waals surface area (Å²) in [5.74, 6) is 0.559. The second-order valence-corrected chi connectivity index (χ2v) is 5.39. The highest BCUT2D eigenvalue weighted by atomic mass is 19.1. The molecule has 1 aromatic carbocycles. The van der Waals surface area contributed by atoms with E-state index in [1.165, 1.54) is 12.1 Å². The van der Waals surface area contributed by atoms with Crippen LogP contribution in [-0.2, 0) is 6.54 Å². The Morgan fingerprint density at radius 2 is 2.04 bits per heavy atom. The van der Waals surface area contributed by atoms with Crippen molar-refractivity contribution < 1.29 is 4.39 Å². The molecule has 0 aliphatic carbocycles. The molecule has 4 aromatic rings. The first-order valence-electron chi connectivity index (χ1n) is 7.26. The molecule has 5 nitrogen and oxygen atoms in total. The van der Waals surface area contributed by atoms with Gasteiger partial charge in [-0.05, 0) is 30.3 Å². The quantitative estimate of drug-likeness (QED) is 0.583. The molecule has 0 amide bonds. The molecule has 0 unspecified atom stereocenters. The summed E-state index contributed by atoms with van der Waals surface area (Å²) in [5.41, 5.74) is 2.43. The van der Waals surface area contributed by atoms with Crippen molar-refractivity contribution in [1.29, 1.82) is 0 Å². The highest BCUT2D eigenvalue weighted by Gasteiger charge is 2.11. The van der Waals surface area contributed by atoms with Gasteiger partial charge in [-0.3, -0.25) is 9.38 Å². The summed E-state index contributed by atoms with van der Waals surface area (Å²) < 4.78 is 15.3. The van der Waals surface area contributed by atoms with E-state index >= 15 is 0 Å². The predicted octanol–water partition coefficient (Wildman–Crippen LogP) is 3.05. The highest BCUT2D eigenvalue weighted by molar-refractivity contribution is 5.91. The predicted molar refractivity (Wildman–Crippen MR) is 86.8 cm³/mol. The molecule has 0 aliphatic rings. The van der Waals surface area contributed by atoms with Gasteiger partial charge in [-0.15, -0.1) is 10.2 Å². The molecule has 0 bridgehead atoms. The number of fused-ring (bicyclic) bond motifs is 2. The number of hydrogen-bond donors (Lipinski definition) is 0. The van der Waals surface area contributed by atoms with E-state index in [2.05, 4.69) is 20.1 Å². The lowest BCUT2D eigenvalue weighted by Crippen LogP contribution is -2.18. The Morgan fingerprint density at radius 1 is 1.13 bits per heavy atom. The maximum absolute atomic E-state index is 13.4. The number of anilines is 1. The lowest BCUT2D eigenvalue weighted by molar-refractivity contribution is 0.629. The SMILES string of the molecule is CN(Cc1nnc2ccccn12)c1ccnc2cc(F)ccc12. The number of rotatable bonds is 3. The lowest BCUT2D eigenvalue weighted by atomic mass is 10.1. The summed E-state index contributed by atoms with van der Waals surface area (Å²) in [5, 5.41) is 9.32. The molecule has 3 aromatic heterocycles. The van der Waals surface area contributed by atoms with Gasteiger partial charge in [0.1, 0.15) is 5.82 Å². The van der Waals surface area contributed by atoms with Crippen LogP contribution in [0.2, 0.25) is 0 Å². The fourth-order valence-electron chi connectivity index (χ4n) is 2.74. The summed E-state index contributed by atoms with van der Waals surface area (Å²) in [6, 6.07) is 12.4. The molecule has 0 N–H and O–H groups in total. The lowest BCUT2D eigenvalue weighted by Gasteiger charge is -2.20. The van der Waals surface area contributed by atoms with Gasteiger partial charge in [0.15, 0.2) is 11.5 Å². The maximum atomic E-state index is 13.4. The van der Waals surface area contributed by atoms with Gasteiger partial charge in [0.05, 0.1) is 12.1 Å². The van der Waals surface area contributed by atoms with Crippen molar-refractivity contribution >= 4 is 22.2 Å². The van der Waals surface area contributed by atoms with E-state index in [9.17, 15) is 4.39 Å². The van der Waals surface area contributed by atoms with Crippen LogP contribution in [0, 0.1) is 5.82 Å². The summed E-state index contributed by atoms with van der Waals surface area (Å²) in [6.07, 6.45) is 3.63. The van der Waals surface area contributed by atoms with E-state index in [4.69, 9.17) is 0 Å². The number of pyridine rings is 2. The number of hydrogen-bond acceptors (Lipinski definition) is 4. The minimum atomic E-state index is -0.284. The van der Waals surface area contributed by atoms with Crippen molar-refractivity contribution in [3.63, 3.8) is 0 Å². The van der Waals surface area contributed by atoms with Gasteiger partial charge in [-0.2, -0.15) is 0 Å². The number of nitrogens with zero attached hydrogens (tertiary/aromatic N) is 5. The van der Waals surface area contributed by atoms with Crippen LogP contribution in [0.4, 0.5) is 10.1 Å². The van der Waals surface area contributed by atoms with E-state index in [1.54, 1.807) is 12.3 Å². The fourth-order valence-corrected chi connectivity index (χ4v) is 2.74. The maximum Gasteiger partial charge on any atom is 0.160 e. The Morgan fingerprint density at radius 3 is 2.96 bits per heavy atom. The van der Waals surface area contributed by atoms with Crippen LogP contribution in [0.25, 0.3) is 16.6 Å². The summed E-state index contributed by atoms with van der Waals surface area (Å²) in [7, 11) is 1.97. The monoisotopic (exact) mass is 307 g/mol. The first-order valence-corrected chi connectivity index (χ1v) is 7.26. The average molecular weight is 307 g/mol. The smallest absolute Gasteiger partial charge is 0.160 e. The topological polar surface area (TPSA) is 46.3 Å². The standard InChI is InChI=1S/C17H14FN5/c1-22(11-17-21-20-16-4-2-3-9-23(16)17)15-7-8-19-14-10-12(18)5-6-13(14)15/h2-10H,11H2,1H3. The van der Waals surface area contributed by atoms with Crippen LogP contribution in [0.5, 0.6) is 0 Å². The minimum absolute atomic E-state index is 0.284. The third kappa shape index (κ3) is 2.38. The van der Waals surface area contributed by atoms with E-state index < -0.39 is 0 Å². The van der Waals surface area contributed by atoms with Gasteiger partial charge in [0, 0.05) is 36.6 Å². The molecule has 0 saturated heterocycles. The largest absolute Gasteiger partial charge is 0.366 e. The van der Waals surface area contributed by atoms with Crippen LogP contribution in [-0.4, -0.2) is 26.6 Å². The second kappa shape index (κ2) is 5.31. The summed E-state index contributed by atoms with van der Waals surface area (Å²) >= 11 is 0. The molecule has 0 spiro atoms. The molecular weight excluding hydrogens is 293 g/mol. The van der Waals surface area contributed by atoms with E-state index in [1.807, 2.05) is 41.9 Å². The molecule has 0 radical (unpaired) electrons. The Hall–Kier alpha value is -3.02. The molecule has 4 rings (SSSR count). The average Bonchev–Trinajstić information content (AvgIpc) is 2.97. The Labute approximate surface area is 132 Å². The highest BCUT2D eigenvalue weighted by Crippen LogP contribution is 2.26. The number of halogens is 1. The van der Waals surface area contributed by atoms with E-state index in [-0.39, 0.29) is 5.82 Å². The molecule has 23 heavy (non-hydrogen) atoms. The van der Waals surface area contributed by atoms with Gasteiger partial charge in [-0.25, -0.2) is 4.39 Å². The van der Waals surface area contributed by atoms with Gasteiger partial charge in [0.2, 0.25) is 0 Å².